The summed E-state index contributed by atoms with van der Waals surface area (Å²) in [4.78, 5) is 21.9. The Morgan fingerprint density at radius 3 is 2.34 bits per heavy atom. The summed E-state index contributed by atoms with van der Waals surface area (Å²) in [5, 5.41) is 10.2. The van der Waals surface area contributed by atoms with Gasteiger partial charge in [0.2, 0.25) is 5.91 Å². The average molecular weight is 466 g/mol. The van der Waals surface area contributed by atoms with Crippen LogP contribution in [-0.2, 0) is 11.2 Å². The van der Waals surface area contributed by atoms with E-state index in [1.807, 2.05) is 53.4 Å². The molecule has 5 rings (SSSR count). The summed E-state index contributed by atoms with van der Waals surface area (Å²) < 4.78 is 0. The molecule has 0 spiro atoms. The van der Waals surface area contributed by atoms with E-state index >= 15 is 0 Å². The van der Waals surface area contributed by atoms with Crippen LogP contribution in [0.5, 0.6) is 0 Å². The SMILES string of the molecule is O=C(Cc1ccccn1)N1CCCCN2[C@H](CO)[C@@H](c3ccc(C#Cc4ccccc4)cc3)[C@@H]2C1. The van der Waals surface area contributed by atoms with Crippen LogP contribution in [0.25, 0.3) is 0 Å². The van der Waals surface area contributed by atoms with Gasteiger partial charge < -0.3 is 10.0 Å². The maximum absolute atomic E-state index is 13.1. The van der Waals surface area contributed by atoms with Gasteiger partial charge in [-0.3, -0.25) is 14.7 Å². The van der Waals surface area contributed by atoms with E-state index < -0.39 is 0 Å². The van der Waals surface area contributed by atoms with Crippen molar-refractivity contribution in [1.82, 2.24) is 14.8 Å². The quantitative estimate of drug-likeness (QED) is 0.600. The molecule has 0 unspecified atom stereocenters. The van der Waals surface area contributed by atoms with Gasteiger partial charge in [-0.15, -0.1) is 0 Å². The maximum atomic E-state index is 13.1. The predicted octanol–water partition coefficient (Wildman–Crippen LogP) is 3.48. The van der Waals surface area contributed by atoms with E-state index in [9.17, 15) is 9.90 Å². The van der Waals surface area contributed by atoms with Crippen molar-refractivity contribution >= 4 is 5.91 Å². The van der Waals surface area contributed by atoms with Crippen LogP contribution in [0.15, 0.2) is 79.0 Å². The lowest BCUT2D eigenvalue weighted by Crippen LogP contribution is -2.68. The molecule has 1 amide bonds. The van der Waals surface area contributed by atoms with E-state index in [2.05, 4.69) is 46.0 Å². The summed E-state index contributed by atoms with van der Waals surface area (Å²) in [6.07, 6.45) is 4.08. The number of rotatable bonds is 4. The fourth-order valence-electron chi connectivity index (χ4n) is 5.39. The summed E-state index contributed by atoms with van der Waals surface area (Å²) in [6.45, 7) is 2.55. The number of benzene rings is 2. The third kappa shape index (κ3) is 5.30. The highest BCUT2D eigenvalue weighted by Crippen LogP contribution is 2.42. The standard InChI is InChI=1S/C30H31N3O2/c34-22-28-30(25-15-13-24(14-16-25)12-11-23-8-2-1-3-9-23)27-21-32(18-6-7-19-33(27)28)29(35)20-26-10-4-5-17-31-26/h1-5,8-10,13-17,27-28,30,34H,6-7,18-22H2/t27-,28+,30-/m0/s1. The lowest BCUT2D eigenvalue weighted by atomic mass is 9.74. The molecule has 5 heteroatoms. The summed E-state index contributed by atoms with van der Waals surface area (Å²) in [5.74, 6) is 6.77. The summed E-state index contributed by atoms with van der Waals surface area (Å²) in [5.41, 5.74) is 3.98. The van der Waals surface area contributed by atoms with Crippen molar-refractivity contribution in [3.8, 4) is 11.8 Å². The summed E-state index contributed by atoms with van der Waals surface area (Å²) in [7, 11) is 0. The second-order valence-electron chi connectivity index (χ2n) is 9.36. The Balaban J connectivity index is 1.32. The van der Waals surface area contributed by atoms with Crippen LogP contribution < -0.4 is 0 Å². The van der Waals surface area contributed by atoms with Crippen LogP contribution >= 0.6 is 0 Å². The number of carbonyl (C=O) groups is 1. The van der Waals surface area contributed by atoms with E-state index in [1.54, 1.807) is 6.20 Å². The molecule has 0 saturated carbocycles. The molecule has 0 bridgehead atoms. The van der Waals surface area contributed by atoms with Crippen molar-refractivity contribution in [1.29, 1.82) is 0 Å². The summed E-state index contributed by atoms with van der Waals surface area (Å²) in [6, 6.07) is 24.4. The number of pyridine rings is 1. The first kappa shape index (κ1) is 23.3. The molecule has 2 fully saturated rings. The second kappa shape index (κ2) is 10.9. The van der Waals surface area contributed by atoms with Gasteiger partial charge in [0.15, 0.2) is 0 Å². The van der Waals surface area contributed by atoms with Crippen molar-refractivity contribution in [2.24, 2.45) is 0 Å². The normalized spacial score (nSPS) is 22.1. The minimum Gasteiger partial charge on any atom is -0.395 e. The van der Waals surface area contributed by atoms with Crippen molar-refractivity contribution in [2.45, 2.75) is 37.3 Å². The molecule has 35 heavy (non-hydrogen) atoms. The van der Waals surface area contributed by atoms with Crippen molar-refractivity contribution in [3.05, 3.63) is 101 Å². The topological polar surface area (TPSA) is 56.7 Å². The molecule has 0 aliphatic carbocycles. The molecule has 1 aromatic heterocycles. The third-order valence-corrected chi connectivity index (χ3v) is 7.20. The second-order valence-corrected chi connectivity index (χ2v) is 9.36. The smallest absolute Gasteiger partial charge is 0.228 e. The van der Waals surface area contributed by atoms with E-state index in [-0.39, 0.29) is 30.5 Å². The monoisotopic (exact) mass is 465 g/mol. The first-order chi connectivity index (χ1) is 17.2. The van der Waals surface area contributed by atoms with Gasteiger partial charge in [0, 0.05) is 54.1 Å². The highest BCUT2D eigenvalue weighted by molar-refractivity contribution is 5.78. The Morgan fingerprint density at radius 1 is 0.914 bits per heavy atom. The largest absolute Gasteiger partial charge is 0.395 e. The van der Waals surface area contributed by atoms with Gasteiger partial charge >= 0.3 is 0 Å². The lowest BCUT2D eigenvalue weighted by molar-refractivity contribution is -0.135. The Kier molecular flexibility index (Phi) is 7.23. The zero-order chi connectivity index (χ0) is 24.0. The minimum atomic E-state index is 0.0899. The maximum Gasteiger partial charge on any atom is 0.228 e. The van der Waals surface area contributed by atoms with E-state index in [0.29, 0.717) is 13.0 Å². The molecule has 2 aromatic carbocycles. The lowest BCUT2D eigenvalue weighted by Gasteiger charge is -2.57. The number of carbonyl (C=O) groups excluding carboxylic acids is 1. The van der Waals surface area contributed by atoms with Crippen molar-refractivity contribution in [3.63, 3.8) is 0 Å². The third-order valence-electron chi connectivity index (χ3n) is 7.20. The number of nitrogens with zero attached hydrogens (tertiary/aromatic N) is 3. The number of aromatic nitrogens is 1. The van der Waals surface area contributed by atoms with Gasteiger partial charge in [-0.2, -0.15) is 0 Å². The number of aliphatic hydroxyl groups is 1. The molecule has 178 valence electrons. The Bertz CT molecular complexity index is 1190. The number of hydrogen-bond acceptors (Lipinski definition) is 4. The summed E-state index contributed by atoms with van der Waals surface area (Å²) >= 11 is 0. The first-order valence-corrected chi connectivity index (χ1v) is 12.4. The molecule has 5 nitrogen and oxygen atoms in total. The van der Waals surface area contributed by atoms with Crippen LogP contribution in [0, 0.1) is 11.8 Å². The van der Waals surface area contributed by atoms with Gasteiger partial charge in [-0.25, -0.2) is 0 Å². The van der Waals surface area contributed by atoms with Gasteiger partial charge in [0.05, 0.1) is 13.0 Å². The molecule has 3 heterocycles. The van der Waals surface area contributed by atoms with Gasteiger partial charge in [0.25, 0.3) is 0 Å². The predicted molar refractivity (Wildman–Crippen MR) is 137 cm³/mol. The van der Waals surface area contributed by atoms with Gasteiger partial charge in [-0.1, -0.05) is 48.2 Å². The van der Waals surface area contributed by atoms with Crippen molar-refractivity contribution in [2.75, 3.05) is 26.2 Å². The van der Waals surface area contributed by atoms with E-state index in [0.717, 1.165) is 42.8 Å². The number of aliphatic hydroxyl groups excluding tert-OH is 1. The Morgan fingerprint density at radius 2 is 1.63 bits per heavy atom. The molecule has 2 saturated heterocycles. The minimum absolute atomic E-state index is 0.0899. The molecule has 1 N–H and O–H groups in total. The molecular formula is C30H31N3O2. The molecule has 3 atom stereocenters. The molecule has 2 aliphatic rings. The number of amides is 1. The number of hydrogen-bond donors (Lipinski definition) is 1. The molecular weight excluding hydrogens is 434 g/mol. The zero-order valence-corrected chi connectivity index (χ0v) is 19.9. The highest BCUT2D eigenvalue weighted by Gasteiger charge is 2.49. The number of fused-ring (bicyclic) bond motifs is 1. The zero-order valence-electron chi connectivity index (χ0n) is 19.9. The van der Waals surface area contributed by atoms with E-state index in [1.165, 1.54) is 5.56 Å². The first-order valence-electron chi connectivity index (χ1n) is 12.4. The van der Waals surface area contributed by atoms with Gasteiger partial charge in [0.1, 0.15) is 0 Å². The van der Waals surface area contributed by atoms with Crippen LogP contribution in [0.2, 0.25) is 0 Å². The van der Waals surface area contributed by atoms with Crippen LogP contribution in [0.1, 0.15) is 41.1 Å². The van der Waals surface area contributed by atoms with Crippen molar-refractivity contribution < 1.29 is 9.90 Å². The van der Waals surface area contributed by atoms with E-state index in [4.69, 9.17) is 0 Å². The molecule has 2 aliphatic heterocycles. The Labute approximate surface area is 207 Å². The van der Waals surface area contributed by atoms with Crippen LogP contribution in [0.3, 0.4) is 0 Å². The Hall–Kier alpha value is -3.46. The fourth-order valence-corrected chi connectivity index (χ4v) is 5.39. The fraction of sp³-hybridized carbons (Fsp3) is 0.333. The van der Waals surface area contributed by atoms with Gasteiger partial charge in [-0.05, 0) is 61.3 Å². The van der Waals surface area contributed by atoms with Crippen LogP contribution in [0.4, 0.5) is 0 Å². The molecule has 0 radical (unpaired) electrons. The van der Waals surface area contributed by atoms with Crippen LogP contribution in [-0.4, -0.2) is 64.1 Å². The highest BCUT2D eigenvalue weighted by atomic mass is 16.3. The molecule has 3 aromatic rings. The average Bonchev–Trinajstić information content (AvgIpc) is 2.88.